The van der Waals surface area contributed by atoms with Gasteiger partial charge in [0.05, 0.1) is 34.5 Å². The number of pyridine rings is 2. The first-order chi connectivity index (χ1) is 17.5. The molecule has 1 aromatic carbocycles. The number of aryl methyl sites for hydroxylation is 2. The number of ether oxygens (including phenoxy) is 1. The number of aromatic nitrogens is 4. The fourth-order valence-corrected chi connectivity index (χ4v) is 4.59. The van der Waals surface area contributed by atoms with Crippen LogP contribution in [0.15, 0.2) is 47.7 Å². The van der Waals surface area contributed by atoms with Gasteiger partial charge >= 0.3 is 6.18 Å². The quantitative estimate of drug-likeness (QED) is 0.381. The van der Waals surface area contributed by atoms with Gasteiger partial charge in [-0.15, -0.1) is 0 Å². The van der Waals surface area contributed by atoms with Crippen molar-refractivity contribution in [2.75, 3.05) is 19.7 Å². The van der Waals surface area contributed by atoms with Crippen LogP contribution in [0.1, 0.15) is 27.4 Å². The summed E-state index contributed by atoms with van der Waals surface area (Å²) in [5, 5.41) is 0.488. The molecule has 8 nitrogen and oxygen atoms in total. The number of benzene rings is 1. The minimum absolute atomic E-state index is 0.0626. The highest BCUT2D eigenvalue weighted by Gasteiger charge is 2.34. The Morgan fingerprint density at radius 3 is 2.59 bits per heavy atom. The van der Waals surface area contributed by atoms with Crippen molar-refractivity contribution in [2.24, 2.45) is 0 Å². The summed E-state index contributed by atoms with van der Waals surface area (Å²) in [4.78, 5) is 35.4. The average Bonchev–Trinajstić information content (AvgIpc) is 3.28. The van der Waals surface area contributed by atoms with Gasteiger partial charge < -0.3 is 18.8 Å². The molecule has 4 aromatic rings. The van der Waals surface area contributed by atoms with Gasteiger partial charge in [-0.3, -0.25) is 9.59 Å². The number of hydrogen-bond donors (Lipinski definition) is 0. The summed E-state index contributed by atoms with van der Waals surface area (Å²) >= 11 is 6.28. The summed E-state index contributed by atoms with van der Waals surface area (Å²) in [5.41, 5.74) is 0.580. The van der Waals surface area contributed by atoms with Crippen LogP contribution in [0.4, 0.5) is 13.2 Å². The van der Waals surface area contributed by atoms with E-state index >= 15 is 0 Å². The second kappa shape index (κ2) is 9.22. The van der Waals surface area contributed by atoms with Crippen LogP contribution in [0.5, 0.6) is 5.75 Å². The maximum atomic E-state index is 13.5. The van der Waals surface area contributed by atoms with Crippen LogP contribution < -0.4 is 10.3 Å². The largest absolute Gasteiger partial charge is 0.491 e. The minimum atomic E-state index is -4.67. The molecule has 0 saturated heterocycles. The third-order valence-electron chi connectivity index (χ3n) is 6.23. The molecule has 0 unspecified atom stereocenters. The van der Waals surface area contributed by atoms with Gasteiger partial charge in [-0.1, -0.05) is 17.7 Å². The lowest BCUT2D eigenvalue weighted by molar-refractivity contribution is -0.141. The van der Waals surface area contributed by atoms with Gasteiger partial charge in [0.15, 0.2) is 0 Å². The molecule has 0 bridgehead atoms. The first-order valence-electron chi connectivity index (χ1n) is 11.4. The van der Waals surface area contributed by atoms with E-state index in [2.05, 4.69) is 9.97 Å². The molecule has 0 fully saturated rings. The molecule has 37 heavy (non-hydrogen) atoms. The number of alkyl halides is 3. The lowest BCUT2D eigenvalue weighted by atomic mass is 10.1. The van der Waals surface area contributed by atoms with Crippen molar-refractivity contribution in [3.8, 4) is 11.4 Å². The molecular formula is C25H21ClF3N5O3. The van der Waals surface area contributed by atoms with Crippen LogP contribution in [0.3, 0.4) is 0 Å². The van der Waals surface area contributed by atoms with E-state index in [-0.39, 0.29) is 65.1 Å². The van der Waals surface area contributed by atoms with E-state index in [0.29, 0.717) is 11.3 Å². The van der Waals surface area contributed by atoms with Gasteiger partial charge in [0.25, 0.3) is 11.5 Å². The number of carbonyl (C=O) groups is 1. The van der Waals surface area contributed by atoms with Crippen LogP contribution in [-0.2, 0) is 12.7 Å². The summed E-state index contributed by atoms with van der Waals surface area (Å²) in [6, 6.07) is 7.13. The summed E-state index contributed by atoms with van der Waals surface area (Å²) in [5.74, 6) is -0.433. The van der Waals surface area contributed by atoms with E-state index < -0.39 is 11.9 Å². The van der Waals surface area contributed by atoms with E-state index in [4.69, 9.17) is 16.3 Å². The topological polar surface area (TPSA) is 82.3 Å². The van der Waals surface area contributed by atoms with Crippen LogP contribution in [0.2, 0.25) is 5.02 Å². The molecule has 0 aliphatic carbocycles. The zero-order chi connectivity index (χ0) is 26.5. The Balaban J connectivity index is 1.37. The molecule has 0 radical (unpaired) electrons. The first kappa shape index (κ1) is 24.8. The summed E-state index contributed by atoms with van der Waals surface area (Å²) in [6.07, 6.45) is -1.41. The molecule has 5 rings (SSSR count). The SMILES string of the molecule is Cc1cn(-c2ccc3n(c2=O)CCN(CCOc2cc(C(F)(F)F)nc4c(C)ccc(Cl)c24)C3=O)cn1. The van der Waals surface area contributed by atoms with E-state index in [1.165, 1.54) is 15.8 Å². The number of amides is 1. The molecule has 192 valence electrons. The molecule has 1 aliphatic rings. The Hall–Kier alpha value is -3.86. The molecule has 0 atom stereocenters. The second-order valence-corrected chi connectivity index (χ2v) is 9.12. The van der Waals surface area contributed by atoms with E-state index in [1.54, 1.807) is 42.0 Å². The highest BCUT2D eigenvalue weighted by molar-refractivity contribution is 6.36. The number of nitrogens with zero attached hydrogens (tertiary/aromatic N) is 5. The Morgan fingerprint density at radius 2 is 1.89 bits per heavy atom. The molecule has 0 N–H and O–H groups in total. The van der Waals surface area contributed by atoms with E-state index in [1.807, 2.05) is 6.92 Å². The summed E-state index contributed by atoms with van der Waals surface area (Å²) in [6.45, 7) is 3.98. The van der Waals surface area contributed by atoms with Gasteiger partial charge in [-0.05, 0) is 37.6 Å². The number of carbonyl (C=O) groups excluding carboxylic acids is 1. The monoisotopic (exact) mass is 531 g/mol. The molecule has 3 aromatic heterocycles. The first-order valence-corrected chi connectivity index (χ1v) is 11.8. The highest BCUT2D eigenvalue weighted by atomic mass is 35.5. The Morgan fingerprint density at radius 1 is 1.11 bits per heavy atom. The van der Waals surface area contributed by atoms with Gasteiger partial charge in [-0.25, -0.2) is 9.97 Å². The molecule has 0 spiro atoms. The molecule has 0 saturated carbocycles. The fourth-order valence-electron chi connectivity index (χ4n) is 4.35. The van der Waals surface area contributed by atoms with Crippen LogP contribution in [-0.4, -0.2) is 49.6 Å². The Labute approximate surface area is 213 Å². The predicted molar refractivity (Wildman–Crippen MR) is 130 cm³/mol. The number of rotatable bonds is 5. The molecule has 4 heterocycles. The van der Waals surface area contributed by atoms with Crippen molar-refractivity contribution in [3.05, 3.63) is 80.9 Å². The van der Waals surface area contributed by atoms with Gasteiger partial charge in [-0.2, -0.15) is 13.2 Å². The number of fused-ring (bicyclic) bond motifs is 2. The lowest BCUT2D eigenvalue weighted by Gasteiger charge is -2.29. The lowest BCUT2D eigenvalue weighted by Crippen LogP contribution is -2.46. The maximum absolute atomic E-state index is 13.5. The molecular weight excluding hydrogens is 511 g/mol. The number of halogens is 4. The minimum Gasteiger partial charge on any atom is -0.491 e. The van der Waals surface area contributed by atoms with Crippen LogP contribution >= 0.6 is 11.6 Å². The van der Waals surface area contributed by atoms with Crippen molar-refractivity contribution in [2.45, 2.75) is 26.6 Å². The van der Waals surface area contributed by atoms with Gasteiger partial charge in [0.2, 0.25) is 0 Å². The third kappa shape index (κ3) is 4.55. The van der Waals surface area contributed by atoms with Crippen molar-refractivity contribution in [1.82, 2.24) is 24.0 Å². The predicted octanol–water partition coefficient (Wildman–Crippen LogP) is 4.41. The Bertz CT molecular complexity index is 1600. The molecule has 1 amide bonds. The summed E-state index contributed by atoms with van der Waals surface area (Å²) in [7, 11) is 0. The van der Waals surface area contributed by atoms with Crippen LogP contribution in [0, 0.1) is 13.8 Å². The third-order valence-corrected chi connectivity index (χ3v) is 6.54. The van der Waals surface area contributed by atoms with Crippen molar-refractivity contribution >= 4 is 28.4 Å². The standard InChI is InChI=1S/C25H21ClF3N5O3/c1-14-3-4-16(26)21-19(11-20(25(27,28)29)31-22(14)21)37-10-9-32-7-8-34-18(23(32)35)6-5-17(24(34)36)33-12-15(2)30-13-33/h3-6,11-13H,7-10H2,1-2H3. The second-order valence-electron chi connectivity index (χ2n) is 8.71. The smallest absolute Gasteiger partial charge is 0.433 e. The average molecular weight is 532 g/mol. The van der Waals surface area contributed by atoms with E-state index in [9.17, 15) is 22.8 Å². The Kier molecular flexibility index (Phi) is 6.18. The zero-order valence-electron chi connectivity index (χ0n) is 19.8. The zero-order valence-corrected chi connectivity index (χ0v) is 20.6. The van der Waals surface area contributed by atoms with E-state index in [0.717, 1.165) is 11.8 Å². The summed E-state index contributed by atoms with van der Waals surface area (Å²) < 4.78 is 49.2. The molecule has 12 heteroatoms. The number of hydrogen-bond acceptors (Lipinski definition) is 5. The highest BCUT2D eigenvalue weighted by Crippen LogP contribution is 2.38. The van der Waals surface area contributed by atoms with Gasteiger partial charge in [0, 0.05) is 25.4 Å². The number of imidazole rings is 1. The maximum Gasteiger partial charge on any atom is 0.433 e. The fraction of sp³-hybridized carbons (Fsp3) is 0.280. The van der Waals surface area contributed by atoms with Crippen molar-refractivity contribution < 1.29 is 22.7 Å². The van der Waals surface area contributed by atoms with Crippen molar-refractivity contribution in [3.63, 3.8) is 0 Å². The van der Waals surface area contributed by atoms with Crippen molar-refractivity contribution in [1.29, 1.82) is 0 Å². The van der Waals surface area contributed by atoms with Gasteiger partial charge in [0.1, 0.15) is 29.4 Å². The normalized spacial score (nSPS) is 13.8. The van der Waals surface area contributed by atoms with Crippen LogP contribution in [0.25, 0.3) is 16.6 Å². The molecule has 1 aliphatic heterocycles.